The molecule has 0 fully saturated rings. The highest BCUT2D eigenvalue weighted by Crippen LogP contribution is 2.28. The molecule has 4 aromatic rings. The van der Waals surface area contributed by atoms with Crippen LogP contribution in [0.3, 0.4) is 0 Å². The summed E-state index contributed by atoms with van der Waals surface area (Å²) in [6.07, 6.45) is 2.78. The van der Waals surface area contributed by atoms with E-state index in [0.29, 0.717) is 28.0 Å². The van der Waals surface area contributed by atoms with E-state index in [9.17, 15) is 9.59 Å². The quantitative estimate of drug-likeness (QED) is 0.141. The van der Waals surface area contributed by atoms with Crippen molar-refractivity contribution >= 4 is 127 Å². The SMILES string of the molecule is Brc1cc(I)ccc1-c1ncco1.COC(CNC(=O)c1ccc(I)cc1Br)OC.O=C(O)c1ccc(I)cc1Br. The molecule has 0 aliphatic heterocycles. The molecular formula is C27H22Br3I3N2O6. The molecule has 3 aromatic carbocycles. The van der Waals surface area contributed by atoms with Gasteiger partial charge < -0.3 is 24.3 Å². The minimum Gasteiger partial charge on any atom is -0.478 e. The lowest BCUT2D eigenvalue weighted by Crippen LogP contribution is -2.34. The molecule has 41 heavy (non-hydrogen) atoms. The molecule has 0 radical (unpaired) electrons. The zero-order valence-electron chi connectivity index (χ0n) is 21.3. The zero-order valence-corrected chi connectivity index (χ0v) is 32.6. The molecule has 0 spiro atoms. The Balaban J connectivity index is 0.000000220. The average Bonchev–Trinajstić information content (AvgIpc) is 3.44. The molecule has 0 saturated carbocycles. The molecular weight excluding hydrogens is 1070 g/mol. The molecule has 14 heteroatoms. The van der Waals surface area contributed by atoms with Gasteiger partial charge in [-0.1, -0.05) is 0 Å². The number of hydrogen-bond acceptors (Lipinski definition) is 6. The molecule has 2 N–H and O–H groups in total. The molecule has 0 aliphatic rings. The molecule has 0 bridgehead atoms. The van der Waals surface area contributed by atoms with Gasteiger partial charge in [-0.2, -0.15) is 0 Å². The van der Waals surface area contributed by atoms with Gasteiger partial charge in [-0.3, -0.25) is 4.79 Å². The minimum atomic E-state index is -0.909. The Morgan fingerprint density at radius 1 is 0.878 bits per heavy atom. The van der Waals surface area contributed by atoms with E-state index in [1.54, 1.807) is 36.7 Å². The van der Waals surface area contributed by atoms with Crippen LogP contribution in [0.25, 0.3) is 11.5 Å². The van der Waals surface area contributed by atoms with Crippen LogP contribution in [-0.4, -0.2) is 49.0 Å². The number of carbonyl (C=O) groups excluding carboxylic acids is 1. The van der Waals surface area contributed by atoms with Crippen molar-refractivity contribution in [2.75, 3.05) is 20.8 Å². The Morgan fingerprint density at radius 2 is 1.39 bits per heavy atom. The van der Waals surface area contributed by atoms with Crippen molar-refractivity contribution in [3.05, 3.63) is 102 Å². The van der Waals surface area contributed by atoms with E-state index in [0.717, 1.165) is 21.6 Å². The second-order valence-electron chi connectivity index (χ2n) is 7.63. The largest absolute Gasteiger partial charge is 0.478 e. The number of carboxylic acids is 1. The number of aromatic carboxylic acids is 1. The maximum atomic E-state index is 11.9. The van der Waals surface area contributed by atoms with Crippen LogP contribution >= 0.6 is 116 Å². The molecule has 0 atom stereocenters. The molecule has 1 aromatic heterocycles. The number of benzene rings is 3. The first-order chi connectivity index (χ1) is 19.5. The number of aromatic nitrogens is 1. The third kappa shape index (κ3) is 12.5. The van der Waals surface area contributed by atoms with Crippen molar-refractivity contribution in [2.45, 2.75) is 6.29 Å². The maximum Gasteiger partial charge on any atom is 0.336 e. The lowest BCUT2D eigenvalue weighted by atomic mass is 10.2. The molecule has 4 rings (SSSR count). The highest BCUT2D eigenvalue weighted by Gasteiger charge is 2.13. The summed E-state index contributed by atoms with van der Waals surface area (Å²) >= 11 is 16.6. The fourth-order valence-corrected chi connectivity index (χ4v) is 7.30. The Morgan fingerprint density at radius 3 is 1.83 bits per heavy atom. The van der Waals surface area contributed by atoms with Gasteiger partial charge in [0.2, 0.25) is 5.89 Å². The Bertz CT molecular complexity index is 1450. The third-order valence-corrected chi connectivity index (χ3v) is 8.87. The topological polar surface area (TPSA) is 111 Å². The summed E-state index contributed by atoms with van der Waals surface area (Å²) in [4.78, 5) is 26.4. The van der Waals surface area contributed by atoms with E-state index < -0.39 is 12.3 Å². The second-order valence-corrected chi connectivity index (χ2v) is 13.9. The van der Waals surface area contributed by atoms with E-state index in [4.69, 9.17) is 19.0 Å². The van der Waals surface area contributed by atoms with Gasteiger partial charge in [-0.15, -0.1) is 0 Å². The number of halogens is 6. The van der Waals surface area contributed by atoms with Gasteiger partial charge in [-0.05, 0) is 170 Å². The predicted molar refractivity (Wildman–Crippen MR) is 193 cm³/mol. The number of methoxy groups -OCH3 is 2. The average molecular weight is 1090 g/mol. The Kier molecular flexibility index (Phi) is 16.8. The van der Waals surface area contributed by atoms with Gasteiger partial charge in [0, 0.05) is 38.3 Å². The van der Waals surface area contributed by atoms with E-state index in [1.165, 1.54) is 17.8 Å². The number of nitrogens with zero attached hydrogens (tertiary/aromatic N) is 1. The van der Waals surface area contributed by atoms with Gasteiger partial charge in [0.25, 0.3) is 5.91 Å². The van der Waals surface area contributed by atoms with Crippen molar-refractivity contribution < 1.29 is 28.6 Å². The van der Waals surface area contributed by atoms with E-state index in [2.05, 4.69) is 126 Å². The molecule has 218 valence electrons. The standard InChI is InChI=1S/C11H13BrINO3.C9H5BrINO.C7H4BrIO2/c1-16-10(17-2)6-14-11(15)8-4-3-7(13)5-9(8)12;10-8-5-6(11)1-2-7(8)9-12-3-4-13-9;8-6-3-4(9)1-2-5(6)7(10)11/h3-5,10H,6H2,1-2H3,(H,14,15);1-5H;1-3H,(H,10,11). The number of ether oxygens (including phenoxy) is 2. The van der Waals surface area contributed by atoms with Gasteiger partial charge in [-0.25, -0.2) is 9.78 Å². The number of carbonyl (C=O) groups is 2. The summed E-state index contributed by atoms with van der Waals surface area (Å²) in [5.41, 5.74) is 1.87. The number of nitrogens with one attached hydrogen (secondary N) is 1. The molecule has 8 nitrogen and oxygen atoms in total. The summed E-state index contributed by atoms with van der Waals surface area (Å²) in [6, 6.07) is 16.7. The van der Waals surface area contributed by atoms with Gasteiger partial charge in [0.15, 0.2) is 6.29 Å². The first-order valence-corrected chi connectivity index (χ1v) is 16.9. The summed E-state index contributed by atoms with van der Waals surface area (Å²) in [7, 11) is 3.06. The molecule has 1 heterocycles. The number of carboxylic acid groups (broad SMARTS) is 1. The van der Waals surface area contributed by atoms with Crippen LogP contribution in [0.1, 0.15) is 20.7 Å². The van der Waals surface area contributed by atoms with E-state index in [1.807, 2.05) is 30.3 Å². The summed E-state index contributed by atoms with van der Waals surface area (Å²) in [5, 5.41) is 11.4. The van der Waals surface area contributed by atoms with Gasteiger partial charge >= 0.3 is 5.97 Å². The van der Waals surface area contributed by atoms with Crippen molar-refractivity contribution in [1.29, 1.82) is 0 Å². The van der Waals surface area contributed by atoms with Crippen molar-refractivity contribution in [3.8, 4) is 11.5 Å². The monoisotopic (exact) mass is 1090 g/mol. The van der Waals surface area contributed by atoms with Crippen molar-refractivity contribution in [2.24, 2.45) is 0 Å². The lowest BCUT2D eigenvalue weighted by Gasteiger charge is -2.14. The fraction of sp³-hybridized carbons (Fsp3) is 0.148. The summed E-state index contributed by atoms with van der Waals surface area (Å²) in [5.74, 6) is -0.427. The van der Waals surface area contributed by atoms with Crippen LogP contribution in [0.15, 0.2) is 84.9 Å². The van der Waals surface area contributed by atoms with Crippen LogP contribution in [0.2, 0.25) is 0 Å². The van der Waals surface area contributed by atoms with Crippen LogP contribution < -0.4 is 5.32 Å². The highest BCUT2D eigenvalue weighted by atomic mass is 127. The zero-order chi connectivity index (χ0) is 30.5. The van der Waals surface area contributed by atoms with Gasteiger partial charge in [0.1, 0.15) is 6.26 Å². The maximum absolute atomic E-state index is 11.9. The molecule has 0 unspecified atom stereocenters. The molecule has 1 amide bonds. The number of oxazole rings is 1. The first-order valence-electron chi connectivity index (χ1n) is 11.3. The number of amides is 1. The van der Waals surface area contributed by atoms with Gasteiger partial charge in [0.05, 0.1) is 29.4 Å². The summed E-state index contributed by atoms with van der Waals surface area (Å²) in [6.45, 7) is 0.310. The van der Waals surface area contributed by atoms with E-state index in [-0.39, 0.29) is 5.91 Å². The van der Waals surface area contributed by atoms with Crippen molar-refractivity contribution in [3.63, 3.8) is 0 Å². The predicted octanol–water partition coefficient (Wildman–Crippen LogP) is 8.86. The lowest BCUT2D eigenvalue weighted by molar-refractivity contribution is -0.0974. The number of rotatable bonds is 7. The minimum absolute atomic E-state index is 0.160. The summed E-state index contributed by atoms with van der Waals surface area (Å²) < 4.78 is 20.8. The van der Waals surface area contributed by atoms with Crippen molar-refractivity contribution in [1.82, 2.24) is 10.3 Å². The van der Waals surface area contributed by atoms with Crippen LogP contribution in [0.4, 0.5) is 0 Å². The molecule has 0 aliphatic carbocycles. The van der Waals surface area contributed by atoms with Crippen LogP contribution in [0, 0.1) is 10.7 Å². The smallest absolute Gasteiger partial charge is 0.336 e. The highest BCUT2D eigenvalue weighted by molar-refractivity contribution is 14.1. The normalized spacial score (nSPS) is 10.3. The Labute approximate surface area is 303 Å². The van der Waals surface area contributed by atoms with Crippen LogP contribution in [-0.2, 0) is 9.47 Å². The van der Waals surface area contributed by atoms with Crippen LogP contribution in [0.5, 0.6) is 0 Å². The third-order valence-electron chi connectivity index (χ3n) is 4.89. The fourth-order valence-electron chi connectivity index (χ4n) is 2.89. The molecule has 0 saturated heterocycles. The first kappa shape index (κ1) is 36.6. The Hall–Kier alpha value is -0.640. The number of hydrogen-bond donors (Lipinski definition) is 2. The second kappa shape index (κ2) is 18.9. The van der Waals surface area contributed by atoms with E-state index >= 15 is 0 Å².